The summed E-state index contributed by atoms with van der Waals surface area (Å²) in [7, 11) is 0. The minimum atomic E-state index is -0.426. The van der Waals surface area contributed by atoms with Gasteiger partial charge in [-0.05, 0) is 66.8 Å². The average molecular weight is 516 g/mol. The molecule has 37 heavy (non-hydrogen) atoms. The van der Waals surface area contributed by atoms with Crippen molar-refractivity contribution >= 4 is 34.8 Å². The van der Waals surface area contributed by atoms with Gasteiger partial charge in [0, 0.05) is 11.3 Å². The van der Waals surface area contributed by atoms with E-state index in [0.717, 1.165) is 5.75 Å². The van der Waals surface area contributed by atoms with Gasteiger partial charge in [0.25, 0.3) is 11.8 Å². The van der Waals surface area contributed by atoms with Crippen LogP contribution < -0.4 is 25.4 Å². The molecular weight excluding hydrogens is 490 g/mol. The van der Waals surface area contributed by atoms with E-state index in [0.29, 0.717) is 34.9 Å². The van der Waals surface area contributed by atoms with E-state index < -0.39 is 5.91 Å². The number of carbonyl (C=O) groups is 2. The summed E-state index contributed by atoms with van der Waals surface area (Å²) in [4.78, 5) is 25.3. The standard InChI is InChI=1S/C28H25N3O5S/c32-26(29-19-23-12-7-15-34-23)20-8-6-9-21(18-20)30-28(37)31-27(33)24-13-4-5-14-25(24)36-17-16-35-22-10-2-1-3-11-22/h1-15,18H,16-17,19H2,(H,29,32)(H2,30,31,33,37). The van der Waals surface area contributed by atoms with Crippen molar-refractivity contribution in [2.24, 2.45) is 0 Å². The zero-order chi connectivity index (χ0) is 25.9. The molecule has 188 valence electrons. The molecule has 8 nitrogen and oxygen atoms in total. The Balaban J connectivity index is 1.29. The van der Waals surface area contributed by atoms with Crippen LogP contribution >= 0.6 is 12.2 Å². The summed E-state index contributed by atoms with van der Waals surface area (Å²) in [5.41, 5.74) is 1.32. The first-order valence-electron chi connectivity index (χ1n) is 11.5. The summed E-state index contributed by atoms with van der Waals surface area (Å²) in [6, 6.07) is 26.6. The van der Waals surface area contributed by atoms with Crippen molar-refractivity contribution in [3.8, 4) is 11.5 Å². The van der Waals surface area contributed by atoms with Crippen LogP contribution in [0.25, 0.3) is 0 Å². The van der Waals surface area contributed by atoms with Crippen molar-refractivity contribution < 1.29 is 23.5 Å². The lowest BCUT2D eigenvalue weighted by atomic mass is 10.2. The van der Waals surface area contributed by atoms with Gasteiger partial charge in [-0.2, -0.15) is 0 Å². The SMILES string of the molecule is O=C(NCc1ccco1)c1cccc(NC(=S)NC(=O)c2ccccc2OCCOc2ccccc2)c1. The summed E-state index contributed by atoms with van der Waals surface area (Å²) in [6.07, 6.45) is 1.55. The Kier molecular flexibility index (Phi) is 8.87. The number of furan rings is 1. The van der Waals surface area contributed by atoms with Gasteiger partial charge in [-0.15, -0.1) is 0 Å². The molecule has 9 heteroatoms. The summed E-state index contributed by atoms with van der Waals surface area (Å²) in [5, 5.41) is 8.46. The molecule has 0 bridgehead atoms. The first-order valence-corrected chi connectivity index (χ1v) is 11.9. The van der Waals surface area contributed by atoms with Gasteiger partial charge in [-0.3, -0.25) is 14.9 Å². The monoisotopic (exact) mass is 515 g/mol. The number of carbonyl (C=O) groups excluding carboxylic acids is 2. The molecule has 0 atom stereocenters. The van der Waals surface area contributed by atoms with Crippen molar-refractivity contribution in [2.75, 3.05) is 18.5 Å². The first-order chi connectivity index (χ1) is 18.1. The Hall–Kier alpha value is -4.63. The fourth-order valence-corrected chi connectivity index (χ4v) is 3.57. The molecule has 1 aromatic heterocycles. The Morgan fingerprint density at radius 3 is 2.41 bits per heavy atom. The number of ether oxygens (including phenoxy) is 2. The van der Waals surface area contributed by atoms with Crippen LogP contribution in [-0.4, -0.2) is 30.1 Å². The number of anilines is 1. The third-order valence-electron chi connectivity index (χ3n) is 5.10. The van der Waals surface area contributed by atoms with Gasteiger partial charge in [-0.25, -0.2) is 0 Å². The summed E-state index contributed by atoms with van der Waals surface area (Å²) in [5.74, 6) is 1.11. The fourth-order valence-electron chi connectivity index (χ4n) is 3.36. The number of hydrogen-bond acceptors (Lipinski definition) is 6. The van der Waals surface area contributed by atoms with Crippen molar-refractivity contribution in [1.82, 2.24) is 10.6 Å². The van der Waals surface area contributed by atoms with Gasteiger partial charge in [0.2, 0.25) is 0 Å². The van der Waals surface area contributed by atoms with E-state index in [9.17, 15) is 9.59 Å². The molecule has 0 saturated carbocycles. The molecule has 0 saturated heterocycles. The molecule has 0 aliphatic rings. The van der Waals surface area contributed by atoms with Crippen molar-refractivity contribution in [3.63, 3.8) is 0 Å². The summed E-state index contributed by atoms with van der Waals surface area (Å²) < 4.78 is 16.6. The predicted molar refractivity (Wildman–Crippen MR) is 144 cm³/mol. The van der Waals surface area contributed by atoms with E-state index in [1.54, 1.807) is 66.9 Å². The molecule has 4 rings (SSSR count). The minimum Gasteiger partial charge on any atom is -0.490 e. The fraction of sp³-hybridized carbons (Fsp3) is 0.107. The third kappa shape index (κ3) is 7.68. The van der Waals surface area contributed by atoms with Crippen molar-refractivity contribution in [3.05, 3.63) is 114 Å². The van der Waals surface area contributed by atoms with Gasteiger partial charge in [0.1, 0.15) is 30.5 Å². The molecule has 0 aliphatic heterocycles. The molecule has 3 aromatic carbocycles. The van der Waals surface area contributed by atoms with Crippen LogP contribution in [0.15, 0.2) is 102 Å². The quantitative estimate of drug-likeness (QED) is 0.206. The van der Waals surface area contributed by atoms with Crippen molar-refractivity contribution in [2.45, 2.75) is 6.54 Å². The van der Waals surface area contributed by atoms with E-state index in [1.807, 2.05) is 30.3 Å². The van der Waals surface area contributed by atoms with Crippen LogP contribution in [0.5, 0.6) is 11.5 Å². The highest BCUT2D eigenvalue weighted by molar-refractivity contribution is 7.80. The number of para-hydroxylation sites is 2. The topological polar surface area (TPSA) is 102 Å². The number of thiocarbonyl (C=S) groups is 1. The highest BCUT2D eigenvalue weighted by Gasteiger charge is 2.14. The lowest BCUT2D eigenvalue weighted by molar-refractivity contribution is 0.0945. The summed E-state index contributed by atoms with van der Waals surface area (Å²) in [6.45, 7) is 0.861. The van der Waals surface area contributed by atoms with E-state index in [1.165, 1.54) is 0 Å². The smallest absolute Gasteiger partial charge is 0.261 e. The number of benzene rings is 3. The van der Waals surface area contributed by atoms with Gasteiger partial charge in [-0.1, -0.05) is 36.4 Å². The average Bonchev–Trinajstić information content (AvgIpc) is 3.44. The van der Waals surface area contributed by atoms with Gasteiger partial charge < -0.3 is 24.5 Å². The second-order valence-corrected chi connectivity index (χ2v) is 8.17. The largest absolute Gasteiger partial charge is 0.490 e. The van der Waals surface area contributed by atoms with Gasteiger partial charge >= 0.3 is 0 Å². The molecule has 0 fully saturated rings. The maximum atomic E-state index is 12.9. The molecule has 0 unspecified atom stereocenters. The van der Waals surface area contributed by atoms with E-state index >= 15 is 0 Å². The summed E-state index contributed by atoms with van der Waals surface area (Å²) >= 11 is 5.31. The van der Waals surface area contributed by atoms with Crippen LogP contribution in [0, 0.1) is 0 Å². The molecule has 2 amide bonds. The van der Waals surface area contributed by atoms with E-state index in [-0.39, 0.29) is 24.2 Å². The lowest BCUT2D eigenvalue weighted by Crippen LogP contribution is -2.34. The lowest BCUT2D eigenvalue weighted by Gasteiger charge is -2.14. The highest BCUT2D eigenvalue weighted by atomic mass is 32.1. The maximum Gasteiger partial charge on any atom is 0.261 e. The molecule has 4 aromatic rings. The number of amides is 2. The molecular formula is C28H25N3O5S. The zero-order valence-corrected chi connectivity index (χ0v) is 20.6. The van der Waals surface area contributed by atoms with E-state index in [4.69, 9.17) is 26.1 Å². The predicted octanol–water partition coefficient (Wildman–Crippen LogP) is 4.79. The van der Waals surface area contributed by atoms with Gasteiger partial charge in [0.05, 0.1) is 18.4 Å². The Labute approximate surface area is 219 Å². The minimum absolute atomic E-state index is 0.0837. The Morgan fingerprint density at radius 1 is 0.811 bits per heavy atom. The Morgan fingerprint density at radius 2 is 1.59 bits per heavy atom. The number of rotatable bonds is 10. The van der Waals surface area contributed by atoms with Gasteiger partial charge in [0.15, 0.2) is 5.11 Å². The third-order valence-corrected chi connectivity index (χ3v) is 5.30. The molecule has 1 heterocycles. The van der Waals surface area contributed by atoms with Crippen LogP contribution in [0.2, 0.25) is 0 Å². The first kappa shape index (κ1) is 25.5. The second-order valence-electron chi connectivity index (χ2n) is 7.76. The molecule has 0 aliphatic carbocycles. The molecule has 3 N–H and O–H groups in total. The number of hydrogen-bond donors (Lipinski definition) is 3. The van der Waals surface area contributed by atoms with Crippen LogP contribution in [0.4, 0.5) is 5.69 Å². The van der Waals surface area contributed by atoms with Crippen molar-refractivity contribution in [1.29, 1.82) is 0 Å². The number of nitrogens with one attached hydrogen (secondary N) is 3. The molecule has 0 radical (unpaired) electrons. The Bertz CT molecular complexity index is 1340. The molecule has 0 spiro atoms. The van der Waals surface area contributed by atoms with Crippen LogP contribution in [-0.2, 0) is 6.54 Å². The zero-order valence-electron chi connectivity index (χ0n) is 19.8. The van der Waals surface area contributed by atoms with Crippen LogP contribution in [0.3, 0.4) is 0 Å². The second kappa shape index (κ2) is 12.9. The normalized spacial score (nSPS) is 10.3. The highest BCUT2D eigenvalue weighted by Crippen LogP contribution is 2.18. The van der Waals surface area contributed by atoms with E-state index in [2.05, 4.69) is 16.0 Å². The van der Waals surface area contributed by atoms with Crippen LogP contribution in [0.1, 0.15) is 26.5 Å². The maximum absolute atomic E-state index is 12.9.